The van der Waals surface area contributed by atoms with Gasteiger partial charge < -0.3 is 0 Å². The van der Waals surface area contributed by atoms with Gasteiger partial charge in [-0.2, -0.15) is 0 Å². The van der Waals surface area contributed by atoms with Crippen LogP contribution in [0.5, 0.6) is 0 Å². The van der Waals surface area contributed by atoms with Gasteiger partial charge in [-0.05, 0) is 27.2 Å². The summed E-state index contributed by atoms with van der Waals surface area (Å²) in [6.07, 6.45) is 1.87. The van der Waals surface area contributed by atoms with Crippen LogP contribution < -0.4 is 5.44 Å². The van der Waals surface area contributed by atoms with Gasteiger partial charge in [-0.1, -0.05) is 13.1 Å². The Bertz CT molecular complexity index is 207. The van der Waals surface area contributed by atoms with Gasteiger partial charge in [0, 0.05) is 6.04 Å². The molecule has 0 N–H and O–H groups in total. The second kappa shape index (κ2) is 3.31. The summed E-state index contributed by atoms with van der Waals surface area (Å²) in [6.45, 7) is 8.67. The standard InChI is InChI=1S/C7H14N3P/c1-6(2)10-7(11(3)4)5-8-9-10/h5-6H,1-4H3. The van der Waals surface area contributed by atoms with Crippen LogP contribution >= 0.6 is 7.92 Å². The van der Waals surface area contributed by atoms with Crippen LogP contribution in [-0.4, -0.2) is 28.3 Å². The maximum Gasteiger partial charge on any atom is 0.0811 e. The van der Waals surface area contributed by atoms with Crippen molar-refractivity contribution in [1.29, 1.82) is 0 Å². The highest BCUT2D eigenvalue weighted by molar-refractivity contribution is 7.63. The summed E-state index contributed by atoms with van der Waals surface area (Å²) in [6, 6.07) is 0.428. The molecule has 0 amide bonds. The summed E-state index contributed by atoms with van der Waals surface area (Å²) in [5.41, 5.74) is 1.27. The van der Waals surface area contributed by atoms with Gasteiger partial charge in [-0.25, -0.2) is 4.68 Å². The van der Waals surface area contributed by atoms with E-state index in [0.717, 1.165) is 0 Å². The SMILES string of the molecule is CC(C)n1nncc1P(C)C. The maximum absolute atomic E-state index is 4.02. The van der Waals surface area contributed by atoms with Crippen LogP contribution in [0.4, 0.5) is 0 Å². The molecule has 0 spiro atoms. The molecule has 4 heteroatoms. The van der Waals surface area contributed by atoms with Gasteiger partial charge in [0.15, 0.2) is 0 Å². The predicted molar refractivity (Wildman–Crippen MR) is 48.8 cm³/mol. The highest BCUT2D eigenvalue weighted by atomic mass is 31.1. The lowest BCUT2D eigenvalue weighted by Gasteiger charge is -2.11. The average molecular weight is 171 g/mol. The lowest BCUT2D eigenvalue weighted by Crippen LogP contribution is -2.17. The van der Waals surface area contributed by atoms with Crippen LogP contribution in [0, 0.1) is 0 Å². The molecule has 0 atom stereocenters. The van der Waals surface area contributed by atoms with Crippen molar-refractivity contribution in [2.24, 2.45) is 0 Å². The fourth-order valence-corrected chi connectivity index (χ4v) is 1.89. The quantitative estimate of drug-likeness (QED) is 0.626. The van der Waals surface area contributed by atoms with E-state index in [1.807, 2.05) is 10.9 Å². The number of hydrogen-bond acceptors (Lipinski definition) is 2. The normalized spacial score (nSPS) is 11.5. The van der Waals surface area contributed by atoms with Crippen LogP contribution in [-0.2, 0) is 0 Å². The number of nitrogens with zero attached hydrogens (tertiary/aromatic N) is 3. The Hall–Kier alpha value is -0.430. The molecule has 0 aliphatic rings. The molecule has 0 fully saturated rings. The Morgan fingerprint density at radius 2 is 2.09 bits per heavy atom. The van der Waals surface area contributed by atoms with Crippen molar-refractivity contribution in [1.82, 2.24) is 15.0 Å². The molecule has 1 aromatic heterocycles. The van der Waals surface area contributed by atoms with E-state index in [2.05, 4.69) is 37.5 Å². The highest BCUT2D eigenvalue weighted by Gasteiger charge is 2.08. The van der Waals surface area contributed by atoms with E-state index < -0.39 is 0 Å². The van der Waals surface area contributed by atoms with Gasteiger partial charge in [-0.15, -0.1) is 5.10 Å². The zero-order valence-corrected chi connectivity index (χ0v) is 8.34. The fourth-order valence-electron chi connectivity index (χ4n) is 0.926. The lowest BCUT2D eigenvalue weighted by atomic mass is 10.4. The third-order valence-electron chi connectivity index (χ3n) is 1.50. The topological polar surface area (TPSA) is 30.7 Å². The molecule has 0 radical (unpaired) electrons. The monoisotopic (exact) mass is 171 g/mol. The fraction of sp³-hybridized carbons (Fsp3) is 0.714. The Morgan fingerprint density at radius 3 is 2.45 bits per heavy atom. The first-order valence-electron chi connectivity index (χ1n) is 3.70. The second-order valence-electron chi connectivity index (χ2n) is 3.02. The van der Waals surface area contributed by atoms with Crippen LogP contribution in [0.3, 0.4) is 0 Å². The van der Waals surface area contributed by atoms with Crippen molar-refractivity contribution in [3.05, 3.63) is 6.20 Å². The first-order chi connectivity index (χ1) is 5.13. The third kappa shape index (κ3) is 1.78. The summed E-state index contributed by atoms with van der Waals surface area (Å²) in [7, 11) is -0.0738. The van der Waals surface area contributed by atoms with E-state index in [0.29, 0.717) is 6.04 Å². The molecular formula is C7H14N3P. The van der Waals surface area contributed by atoms with E-state index in [1.54, 1.807) is 0 Å². The molecule has 3 nitrogen and oxygen atoms in total. The molecule has 0 aromatic carbocycles. The second-order valence-corrected chi connectivity index (χ2v) is 5.27. The molecule has 1 rings (SSSR count). The molecule has 0 aliphatic carbocycles. The summed E-state index contributed by atoms with van der Waals surface area (Å²) in [5, 5.41) is 7.91. The average Bonchev–Trinajstić information content (AvgIpc) is 2.32. The van der Waals surface area contributed by atoms with E-state index in [9.17, 15) is 0 Å². The molecule has 11 heavy (non-hydrogen) atoms. The third-order valence-corrected chi connectivity index (χ3v) is 2.74. The predicted octanol–water partition coefficient (Wildman–Crippen LogP) is 1.23. The Labute approximate surface area is 68.6 Å². The molecule has 62 valence electrons. The molecule has 0 bridgehead atoms. The van der Waals surface area contributed by atoms with Crippen LogP contribution in [0.25, 0.3) is 0 Å². The Kier molecular flexibility index (Phi) is 2.61. The first kappa shape index (κ1) is 8.66. The Balaban J connectivity index is 2.96. The van der Waals surface area contributed by atoms with E-state index in [-0.39, 0.29) is 7.92 Å². The molecule has 0 unspecified atom stereocenters. The van der Waals surface area contributed by atoms with Crippen molar-refractivity contribution in [2.75, 3.05) is 13.3 Å². The highest BCUT2D eigenvalue weighted by Crippen LogP contribution is 2.23. The molecule has 1 aromatic rings. The van der Waals surface area contributed by atoms with Gasteiger partial charge >= 0.3 is 0 Å². The first-order valence-corrected chi connectivity index (χ1v) is 5.94. The van der Waals surface area contributed by atoms with Crippen LogP contribution in [0.15, 0.2) is 6.20 Å². The van der Waals surface area contributed by atoms with Crippen LogP contribution in [0.2, 0.25) is 0 Å². The summed E-state index contributed by atoms with van der Waals surface area (Å²) in [5.74, 6) is 0. The van der Waals surface area contributed by atoms with Gasteiger partial charge in [0.05, 0.1) is 11.6 Å². The van der Waals surface area contributed by atoms with E-state index >= 15 is 0 Å². The van der Waals surface area contributed by atoms with Gasteiger partial charge in [0.2, 0.25) is 0 Å². The van der Waals surface area contributed by atoms with Gasteiger partial charge in [0.1, 0.15) is 0 Å². The molecular weight excluding hydrogens is 157 g/mol. The minimum Gasteiger partial charge on any atom is -0.243 e. The largest absolute Gasteiger partial charge is 0.243 e. The zero-order valence-electron chi connectivity index (χ0n) is 7.44. The smallest absolute Gasteiger partial charge is 0.0811 e. The van der Waals surface area contributed by atoms with Gasteiger partial charge in [0.25, 0.3) is 0 Å². The van der Waals surface area contributed by atoms with Gasteiger partial charge in [-0.3, -0.25) is 0 Å². The number of aromatic nitrogens is 3. The number of hydrogen-bond donors (Lipinski definition) is 0. The molecule has 0 saturated carbocycles. The minimum absolute atomic E-state index is 0.0738. The van der Waals surface area contributed by atoms with Crippen molar-refractivity contribution < 1.29 is 0 Å². The maximum atomic E-state index is 4.02. The minimum atomic E-state index is -0.0738. The van der Waals surface area contributed by atoms with Crippen molar-refractivity contribution in [2.45, 2.75) is 19.9 Å². The van der Waals surface area contributed by atoms with Crippen molar-refractivity contribution in [3.63, 3.8) is 0 Å². The lowest BCUT2D eigenvalue weighted by molar-refractivity contribution is 0.526. The molecule has 1 heterocycles. The number of rotatable bonds is 2. The van der Waals surface area contributed by atoms with Crippen molar-refractivity contribution >= 4 is 13.4 Å². The zero-order chi connectivity index (χ0) is 8.43. The van der Waals surface area contributed by atoms with Crippen molar-refractivity contribution in [3.8, 4) is 0 Å². The van der Waals surface area contributed by atoms with Crippen LogP contribution in [0.1, 0.15) is 19.9 Å². The summed E-state index contributed by atoms with van der Waals surface area (Å²) >= 11 is 0. The molecule has 0 saturated heterocycles. The molecule has 0 aliphatic heterocycles. The Morgan fingerprint density at radius 1 is 1.45 bits per heavy atom. The summed E-state index contributed by atoms with van der Waals surface area (Å²) in [4.78, 5) is 0. The van der Waals surface area contributed by atoms with E-state index in [4.69, 9.17) is 0 Å². The van der Waals surface area contributed by atoms with E-state index in [1.165, 1.54) is 5.44 Å². The summed E-state index contributed by atoms with van der Waals surface area (Å²) < 4.78 is 1.99.